The molecule has 1 aliphatic heterocycles. The number of carbonyl (C=O) groups is 1. The summed E-state index contributed by atoms with van der Waals surface area (Å²) in [6.07, 6.45) is 2.50. The summed E-state index contributed by atoms with van der Waals surface area (Å²) in [5.74, 6) is 2.40. The first kappa shape index (κ1) is 18.7. The molecular formula is C19H32N4O. The maximum absolute atomic E-state index is 12.7. The maximum Gasteiger partial charge on any atom is 0.223 e. The second-order valence-corrected chi connectivity index (χ2v) is 8.55. The van der Waals surface area contributed by atoms with Gasteiger partial charge >= 0.3 is 0 Å². The Balaban J connectivity index is 2.10. The fourth-order valence-corrected chi connectivity index (χ4v) is 3.64. The molecule has 1 amide bonds. The topological polar surface area (TPSA) is 49.3 Å². The number of nitrogens with zero attached hydrogens (tertiary/aromatic N) is 4. The summed E-state index contributed by atoms with van der Waals surface area (Å²) in [6, 6.07) is 0. The van der Waals surface area contributed by atoms with E-state index in [2.05, 4.69) is 37.7 Å². The third-order valence-corrected chi connectivity index (χ3v) is 4.41. The Labute approximate surface area is 146 Å². The van der Waals surface area contributed by atoms with E-state index in [0.717, 1.165) is 42.3 Å². The van der Waals surface area contributed by atoms with Crippen LogP contribution >= 0.6 is 0 Å². The molecule has 1 atom stereocenters. The van der Waals surface area contributed by atoms with Crippen LogP contribution < -0.4 is 4.90 Å². The van der Waals surface area contributed by atoms with Crippen LogP contribution in [0.15, 0.2) is 0 Å². The molecule has 1 aliphatic rings. The Bertz CT molecular complexity index is 604. The minimum Gasteiger partial charge on any atom is -0.362 e. The first-order chi connectivity index (χ1) is 11.1. The van der Waals surface area contributed by atoms with Gasteiger partial charge in [-0.1, -0.05) is 27.7 Å². The molecule has 0 radical (unpaired) electrons. The lowest BCUT2D eigenvalue weighted by Crippen LogP contribution is -2.38. The van der Waals surface area contributed by atoms with Crippen LogP contribution in [0.3, 0.4) is 0 Å². The Morgan fingerprint density at radius 3 is 2.54 bits per heavy atom. The Kier molecular flexibility index (Phi) is 5.51. The molecule has 24 heavy (non-hydrogen) atoms. The van der Waals surface area contributed by atoms with Gasteiger partial charge in [0, 0.05) is 39.0 Å². The van der Waals surface area contributed by atoms with E-state index in [9.17, 15) is 4.79 Å². The summed E-state index contributed by atoms with van der Waals surface area (Å²) in [6.45, 7) is 12.2. The smallest absolute Gasteiger partial charge is 0.223 e. The molecule has 1 aromatic rings. The van der Waals surface area contributed by atoms with E-state index in [1.807, 2.05) is 30.8 Å². The van der Waals surface area contributed by atoms with E-state index in [1.54, 1.807) is 0 Å². The molecule has 0 fully saturated rings. The van der Waals surface area contributed by atoms with Crippen molar-refractivity contribution in [2.45, 2.75) is 60.4 Å². The average molecular weight is 332 g/mol. The zero-order valence-electron chi connectivity index (χ0n) is 16.3. The molecule has 0 saturated heterocycles. The van der Waals surface area contributed by atoms with Gasteiger partial charge in [-0.25, -0.2) is 9.97 Å². The number of amides is 1. The third-order valence-electron chi connectivity index (χ3n) is 4.41. The van der Waals surface area contributed by atoms with Crippen molar-refractivity contribution in [1.82, 2.24) is 14.9 Å². The standard InChI is InChI=1S/C19H32N4O/c1-13(11-19(3,4)5)10-17(24)23-9-8-16-15(12-23)18(22(6)7)21-14(2)20-16/h13H,8-12H2,1-7H3/t13-/m0/s1. The molecule has 0 aromatic carbocycles. The summed E-state index contributed by atoms with van der Waals surface area (Å²) in [7, 11) is 3.99. The quantitative estimate of drug-likeness (QED) is 0.849. The molecule has 5 nitrogen and oxygen atoms in total. The fourth-order valence-electron chi connectivity index (χ4n) is 3.64. The van der Waals surface area contributed by atoms with Crippen LogP contribution in [-0.4, -0.2) is 41.4 Å². The van der Waals surface area contributed by atoms with Crippen LogP contribution in [0.1, 0.15) is 57.6 Å². The van der Waals surface area contributed by atoms with Gasteiger partial charge < -0.3 is 9.80 Å². The molecule has 0 aliphatic carbocycles. The molecule has 0 bridgehead atoms. The first-order valence-electron chi connectivity index (χ1n) is 8.88. The van der Waals surface area contributed by atoms with Crippen molar-refractivity contribution < 1.29 is 4.79 Å². The fraction of sp³-hybridized carbons (Fsp3) is 0.737. The van der Waals surface area contributed by atoms with Gasteiger partial charge in [-0.05, 0) is 24.7 Å². The zero-order valence-corrected chi connectivity index (χ0v) is 16.3. The van der Waals surface area contributed by atoms with Crippen molar-refractivity contribution >= 4 is 11.7 Å². The summed E-state index contributed by atoms with van der Waals surface area (Å²) >= 11 is 0. The number of rotatable bonds is 4. The number of fused-ring (bicyclic) bond motifs is 1. The zero-order chi connectivity index (χ0) is 18.1. The number of hydrogen-bond donors (Lipinski definition) is 0. The highest BCUT2D eigenvalue weighted by Gasteiger charge is 2.27. The minimum atomic E-state index is 0.252. The number of aromatic nitrogens is 2. The van der Waals surface area contributed by atoms with E-state index >= 15 is 0 Å². The molecule has 1 aromatic heterocycles. The molecule has 0 N–H and O–H groups in total. The number of aryl methyl sites for hydroxylation is 1. The van der Waals surface area contributed by atoms with E-state index in [-0.39, 0.29) is 11.3 Å². The minimum absolute atomic E-state index is 0.252. The van der Waals surface area contributed by atoms with Crippen molar-refractivity contribution in [3.05, 3.63) is 17.1 Å². The van der Waals surface area contributed by atoms with Gasteiger partial charge in [-0.15, -0.1) is 0 Å². The number of anilines is 1. The van der Waals surface area contributed by atoms with E-state index in [0.29, 0.717) is 18.9 Å². The van der Waals surface area contributed by atoms with Gasteiger partial charge in [0.15, 0.2) is 0 Å². The van der Waals surface area contributed by atoms with Gasteiger partial charge in [0.2, 0.25) is 5.91 Å². The van der Waals surface area contributed by atoms with Crippen LogP contribution in [0.2, 0.25) is 0 Å². The molecule has 2 rings (SSSR count). The summed E-state index contributed by atoms with van der Waals surface area (Å²) in [5, 5.41) is 0. The van der Waals surface area contributed by atoms with Crippen molar-refractivity contribution in [1.29, 1.82) is 0 Å². The summed E-state index contributed by atoms with van der Waals surface area (Å²) < 4.78 is 0. The first-order valence-corrected chi connectivity index (χ1v) is 8.88. The maximum atomic E-state index is 12.7. The second kappa shape index (κ2) is 7.08. The molecule has 2 heterocycles. The van der Waals surface area contributed by atoms with Crippen LogP contribution in [0, 0.1) is 18.3 Å². The normalized spacial score (nSPS) is 15.9. The van der Waals surface area contributed by atoms with Gasteiger partial charge in [0.25, 0.3) is 0 Å². The molecule has 5 heteroatoms. The van der Waals surface area contributed by atoms with Crippen molar-refractivity contribution in [3.8, 4) is 0 Å². The Morgan fingerprint density at radius 1 is 1.29 bits per heavy atom. The molecule has 134 valence electrons. The van der Waals surface area contributed by atoms with Gasteiger partial charge in [0.1, 0.15) is 11.6 Å². The van der Waals surface area contributed by atoms with E-state index in [4.69, 9.17) is 0 Å². The predicted molar refractivity (Wildman–Crippen MR) is 98.1 cm³/mol. The third kappa shape index (κ3) is 4.68. The monoisotopic (exact) mass is 332 g/mol. The number of hydrogen-bond acceptors (Lipinski definition) is 4. The largest absolute Gasteiger partial charge is 0.362 e. The van der Waals surface area contributed by atoms with E-state index in [1.165, 1.54) is 0 Å². The number of carbonyl (C=O) groups excluding carboxylic acids is 1. The molecular weight excluding hydrogens is 300 g/mol. The average Bonchev–Trinajstić information content (AvgIpc) is 2.43. The highest BCUT2D eigenvalue weighted by molar-refractivity contribution is 5.77. The highest BCUT2D eigenvalue weighted by atomic mass is 16.2. The van der Waals surface area contributed by atoms with Crippen molar-refractivity contribution in [3.63, 3.8) is 0 Å². The predicted octanol–water partition coefficient (Wildman–Crippen LogP) is 3.20. The summed E-state index contributed by atoms with van der Waals surface area (Å²) in [5.41, 5.74) is 2.46. The van der Waals surface area contributed by atoms with Crippen LogP contribution in [-0.2, 0) is 17.8 Å². The van der Waals surface area contributed by atoms with Gasteiger partial charge in [0.05, 0.1) is 12.2 Å². The summed E-state index contributed by atoms with van der Waals surface area (Å²) in [4.78, 5) is 25.9. The van der Waals surface area contributed by atoms with Crippen molar-refractivity contribution in [2.24, 2.45) is 11.3 Å². The molecule has 0 unspecified atom stereocenters. The lowest BCUT2D eigenvalue weighted by atomic mass is 9.84. The SMILES string of the molecule is Cc1nc2c(c(N(C)C)n1)CN(C(=O)C[C@H](C)CC(C)(C)C)CC2. The van der Waals surface area contributed by atoms with Crippen LogP contribution in [0.4, 0.5) is 5.82 Å². The van der Waals surface area contributed by atoms with Gasteiger partial charge in [-0.2, -0.15) is 0 Å². The van der Waals surface area contributed by atoms with Crippen LogP contribution in [0.5, 0.6) is 0 Å². The molecule has 0 saturated carbocycles. The second-order valence-electron chi connectivity index (χ2n) is 8.55. The highest BCUT2D eigenvalue weighted by Crippen LogP contribution is 2.29. The van der Waals surface area contributed by atoms with Crippen molar-refractivity contribution in [2.75, 3.05) is 25.5 Å². The van der Waals surface area contributed by atoms with E-state index < -0.39 is 0 Å². The lowest BCUT2D eigenvalue weighted by molar-refractivity contribution is -0.133. The Morgan fingerprint density at radius 2 is 1.96 bits per heavy atom. The van der Waals surface area contributed by atoms with Gasteiger partial charge in [-0.3, -0.25) is 4.79 Å². The molecule has 0 spiro atoms. The van der Waals surface area contributed by atoms with Crippen LogP contribution in [0.25, 0.3) is 0 Å². The lowest BCUT2D eigenvalue weighted by Gasteiger charge is -2.32. The Hall–Kier alpha value is -1.65.